The maximum atomic E-state index is 13.1. The quantitative estimate of drug-likeness (QED) is 0.391. The van der Waals surface area contributed by atoms with Crippen LogP contribution in [-0.4, -0.2) is 34.1 Å². The smallest absolute Gasteiger partial charge is 0.252 e. The first-order valence-corrected chi connectivity index (χ1v) is 10.5. The Hall–Kier alpha value is -3.45. The number of amides is 1. The molecule has 0 saturated carbocycles. The number of imidazole rings is 1. The molecule has 1 amide bonds. The summed E-state index contributed by atoms with van der Waals surface area (Å²) in [5, 5.41) is 0.687. The van der Waals surface area contributed by atoms with Gasteiger partial charge in [-0.3, -0.25) is 9.69 Å². The number of hydrogen-bond donors (Lipinski definition) is 0. The van der Waals surface area contributed by atoms with Crippen LogP contribution in [0.2, 0.25) is 0 Å². The maximum absolute atomic E-state index is 13.1. The van der Waals surface area contributed by atoms with Gasteiger partial charge in [0.15, 0.2) is 5.13 Å². The first-order valence-electron chi connectivity index (χ1n) is 9.68. The molecule has 2 aromatic heterocycles. The van der Waals surface area contributed by atoms with Crippen molar-refractivity contribution >= 4 is 38.7 Å². The van der Waals surface area contributed by atoms with Crippen molar-refractivity contribution < 1.29 is 9.53 Å². The predicted octanol–water partition coefficient (Wildman–Crippen LogP) is 4.64. The molecular formula is C23H22N4O2S. The number of aryl methyl sites for hydroxylation is 1. The Bertz CT molecular complexity index is 1140. The van der Waals surface area contributed by atoms with Gasteiger partial charge in [0.1, 0.15) is 5.75 Å². The van der Waals surface area contributed by atoms with Gasteiger partial charge in [0.05, 0.1) is 23.7 Å². The van der Waals surface area contributed by atoms with Crippen molar-refractivity contribution in [1.82, 2.24) is 14.5 Å². The molecule has 2 heterocycles. The fourth-order valence-corrected chi connectivity index (χ4v) is 4.11. The zero-order valence-electron chi connectivity index (χ0n) is 16.6. The zero-order chi connectivity index (χ0) is 20.8. The molecule has 30 heavy (non-hydrogen) atoms. The lowest BCUT2D eigenvalue weighted by Gasteiger charge is -2.18. The highest BCUT2D eigenvalue weighted by atomic mass is 32.1. The second kappa shape index (κ2) is 9.37. The average Bonchev–Trinajstić information content (AvgIpc) is 3.44. The number of methoxy groups -OCH3 is 1. The summed E-state index contributed by atoms with van der Waals surface area (Å²) < 4.78 is 8.31. The summed E-state index contributed by atoms with van der Waals surface area (Å²) in [6, 6.07) is 15.5. The predicted molar refractivity (Wildman–Crippen MR) is 121 cm³/mol. The van der Waals surface area contributed by atoms with Gasteiger partial charge >= 0.3 is 0 Å². The topological polar surface area (TPSA) is 60.2 Å². The van der Waals surface area contributed by atoms with Gasteiger partial charge in [0.2, 0.25) is 0 Å². The molecule has 0 bridgehead atoms. The summed E-state index contributed by atoms with van der Waals surface area (Å²) >= 11 is 1.49. The first-order chi connectivity index (χ1) is 14.7. The second-order valence-electron chi connectivity index (χ2n) is 6.72. The Morgan fingerprint density at radius 3 is 2.87 bits per heavy atom. The highest BCUT2D eigenvalue weighted by Crippen LogP contribution is 2.31. The minimum absolute atomic E-state index is 0.0875. The van der Waals surface area contributed by atoms with E-state index in [-0.39, 0.29) is 5.91 Å². The van der Waals surface area contributed by atoms with E-state index >= 15 is 0 Å². The van der Waals surface area contributed by atoms with Crippen LogP contribution in [0.3, 0.4) is 0 Å². The molecule has 0 aliphatic carbocycles. The largest absolute Gasteiger partial charge is 0.497 e. The third kappa shape index (κ3) is 4.75. The Morgan fingerprint density at radius 1 is 1.23 bits per heavy atom. The number of benzene rings is 2. The van der Waals surface area contributed by atoms with Crippen LogP contribution in [0.4, 0.5) is 5.13 Å². The highest BCUT2D eigenvalue weighted by molar-refractivity contribution is 7.22. The van der Waals surface area contributed by atoms with E-state index in [9.17, 15) is 4.79 Å². The van der Waals surface area contributed by atoms with Crippen molar-refractivity contribution in [1.29, 1.82) is 0 Å². The molecule has 0 radical (unpaired) electrons. The third-order valence-electron chi connectivity index (χ3n) is 4.66. The Kier molecular flexibility index (Phi) is 6.20. The molecule has 0 aliphatic heterocycles. The summed E-state index contributed by atoms with van der Waals surface area (Å²) in [7, 11) is 1.64. The molecule has 4 aromatic rings. The molecule has 0 fully saturated rings. The number of ether oxygens (including phenoxy) is 1. The highest BCUT2D eigenvalue weighted by Gasteiger charge is 2.18. The van der Waals surface area contributed by atoms with Crippen molar-refractivity contribution in [3.8, 4) is 5.75 Å². The average molecular weight is 419 g/mol. The van der Waals surface area contributed by atoms with E-state index in [4.69, 9.17) is 9.72 Å². The summed E-state index contributed by atoms with van der Waals surface area (Å²) in [5.41, 5.74) is 1.84. The number of carbonyl (C=O) groups is 1. The fraction of sp³-hybridized carbons (Fsp3) is 0.174. The van der Waals surface area contributed by atoms with Gasteiger partial charge in [0, 0.05) is 31.6 Å². The fourth-order valence-electron chi connectivity index (χ4n) is 3.09. The summed E-state index contributed by atoms with van der Waals surface area (Å²) in [5.74, 6) is 0.690. The van der Waals surface area contributed by atoms with Gasteiger partial charge in [-0.25, -0.2) is 9.97 Å². The van der Waals surface area contributed by atoms with Crippen LogP contribution in [0.25, 0.3) is 16.3 Å². The molecule has 0 atom stereocenters. The molecule has 0 N–H and O–H groups in total. The van der Waals surface area contributed by atoms with Gasteiger partial charge in [0.25, 0.3) is 5.91 Å². The first kappa shape index (κ1) is 19.8. The van der Waals surface area contributed by atoms with Gasteiger partial charge in [-0.05, 0) is 36.3 Å². The number of anilines is 1. The van der Waals surface area contributed by atoms with Crippen LogP contribution >= 0.6 is 11.3 Å². The molecule has 7 heteroatoms. The molecule has 6 nitrogen and oxygen atoms in total. The Morgan fingerprint density at radius 2 is 2.10 bits per heavy atom. The van der Waals surface area contributed by atoms with Gasteiger partial charge < -0.3 is 9.30 Å². The summed E-state index contributed by atoms with van der Waals surface area (Å²) in [6.07, 6.45) is 9.70. The number of thiazole rings is 1. The molecular weight excluding hydrogens is 396 g/mol. The number of carbonyl (C=O) groups excluding carboxylic acids is 1. The van der Waals surface area contributed by atoms with Crippen LogP contribution in [0.5, 0.6) is 5.75 Å². The van der Waals surface area contributed by atoms with Gasteiger partial charge in [-0.1, -0.05) is 41.7 Å². The van der Waals surface area contributed by atoms with Crippen molar-refractivity contribution in [2.45, 2.75) is 13.0 Å². The van der Waals surface area contributed by atoms with E-state index in [1.54, 1.807) is 30.6 Å². The Labute approximate surface area is 179 Å². The molecule has 0 saturated heterocycles. The molecule has 4 rings (SSSR count). The number of hydrogen-bond acceptors (Lipinski definition) is 5. The molecule has 152 valence electrons. The normalized spacial score (nSPS) is 11.2. The monoisotopic (exact) mass is 418 g/mol. The van der Waals surface area contributed by atoms with Gasteiger partial charge in [-0.2, -0.15) is 0 Å². The number of aromatic nitrogens is 3. The van der Waals surface area contributed by atoms with Crippen molar-refractivity contribution in [3.63, 3.8) is 0 Å². The Balaban J connectivity index is 1.57. The minimum atomic E-state index is -0.0875. The van der Waals surface area contributed by atoms with Crippen molar-refractivity contribution in [2.24, 2.45) is 0 Å². The van der Waals surface area contributed by atoms with E-state index in [1.807, 2.05) is 65.4 Å². The van der Waals surface area contributed by atoms with Crippen molar-refractivity contribution in [3.05, 3.63) is 78.9 Å². The van der Waals surface area contributed by atoms with Crippen LogP contribution < -0.4 is 9.64 Å². The lowest BCUT2D eigenvalue weighted by molar-refractivity contribution is -0.114. The van der Waals surface area contributed by atoms with E-state index in [1.165, 1.54) is 11.3 Å². The second-order valence-corrected chi connectivity index (χ2v) is 7.73. The minimum Gasteiger partial charge on any atom is -0.497 e. The van der Waals surface area contributed by atoms with Crippen LogP contribution in [0.15, 0.2) is 73.3 Å². The number of nitrogens with zero attached hydrogens (tertiary/aromatic N) is 4. The van der Waals surface area contributed by atoms with Crippen LogP contribution in [0, 0.1) is 0 Å². The lowest BCUT2D eigenvalue weighted by Crippen LogP contribution is -2.30. The maximum Gasteiger partial charge on any atom is 0.252 e. The molecule has 0 aliphatic rings. The number of fused-ring (bicyclic) bond motifs is 1. The van der Waals surface area contributed by atoms with E-state index in [0.29, 0.717) is 11.7 Å². The summed E-state index contributed by atoms with van der Waals surface area (Å²) in [6.45, 7) is 1.35. The standard InChI is InChI=1S/C23H22N4O2S/c1-29-19-9-10-20-21(16-19)30-23(25-20)27(14-5-13-26-15-12-24-17-26)22(28)11-8-18-6-3-2-4-7-18/h2-4,6-12,15-17H,5,13-14H2,1H3/b11-8+. The van der Waals surface area contributed by atoms with Crippen LogP contribution in [-0.2, 0) is 11.3 Å². The summed E-state index contributed by atoms with van der Waals surface area (Å²) in [4.78, 5) is 23.6. The van der Waals surface area contributed by atoms with Crippen molar-refractivity contribution in [2.75, 3.05) is 18.6 Å². The van der Waals surface area contributed by atoms with Gasteiger partial charge in [-0.15, -0.1) is 0 Å². The van der Waals surface area contributed by atoms with E-state index < -0.39 is 0 Å². The number of rotatable bonds is 8. The lowest BCUT2D eigenvalue weighted by atomic mass is 10.2. The van der Waals surface area contributed by atoms with Crippen LogP contribution in [0.1, 0.15) is 12.0 Å². The molecule has 0 spiro atoms. The zero-order valence-corrected chi connectivity index (χ0v) is 17.5. The molecule has 2 aromatic carbocycles. The SMILES string of the molecule is COc1ccc2nc(N(CCCn3ccnc3)C(=O)/C=C/c3ccccc3)sc2c1. The van der Waals surface area contributed by atoms with E-state index in [2.05, 4.69) is 4.98 Å². The molecule has 0 unspecified atom stereocenters. The van der Waals surface area contributed by atoms with E-state index in [0.717, 1.165) is 34.5 Å². The third-order valence-corrected chi connectivity index (χ3v) is 5.70.